The van der Waals surface area contributed by atoms with E-state index >= 15 is 0 Å². The smallest absolute Gasteiger partial charge is 0.222 e. The van der Waals surface area contributed by atoms with Gasteiger partial charge in [-0.1, -0.05) is 65.3 Å². The van der Waals surface area contributed by atoms with Gasteiger partial charge < -0.3 is 15.4 Å². The van der Waals surface area contributed by atoms with E-state index in [0.717, 1.165) is 11.3 Å². The zero-order chi connectivity index (χ0) is 18.4. The fourth-order valence-corrected chi connectivity index (χ4v) is 3.74. The Balaban J connectivity index is 1.36. The Labute approximate surface area is 166 Å². The van der Waals surface area contributed by atoms with Crippen LogP contribution in [0.5, 0.6) is 5.75 Å². The van der Waals surface area contributed by atoms with Gasteiger partial charge in [0.05, 0.1) is 17.3 Å². The summed E-state index contributed by atoms with van der Waals surface area (Å²) in [6.45, 7) is 0.410. The predicted octanol–water partition coefficient (Wildman–Crippen LogP) is 4.89. The van der Waals surface area contributed by atoms with E-state index in [2.05, 4.69) is 10.6 Å². The zero-order valence-corrected chi connectivity index (χ0v) is 16.2. The lowest BCUT2D eigenvalue weighted by molar-refractivity contribution is -0.121. The first-order chi connectivity index (χ1) is 12.6. The first-order valence-corrected chi connectivity index (χ1v) is 9.86. The third-order valence-corrected chi connectivity index (χ3v) is 5.10. The largest absolute Gasteiger partial charge is 0.492 e. The molecule has 0 bridgehead atoms. The van der Waals surface area contributed by atoms with Crippen molar-refractivity contribution in [1.82, 2.24) is 10.6 Å². The van der Waals surface area contributed by atoms with Gasteiger partial charge in [0.25, 0.3) is 0 Å². The van der Waals surface area contributed by atoms with E-state index in [0.29, 0.717) is 35.2 Å². The highest BCUT2D eigenvalue weighted by molar-refractivity contribution is 8.03. The third-order valence-electron chi connectivity index (χ3n) is 3.69. The van der Waals surface area contributed by atoms with Crippen LogP contribution in [0.2, 0.25) is 10.0 Å². The number of hydrogen-bond donors (Lipinski definition) is 2. The Bertz CT molecular complexity index is 799. The van der Waals surface area contributed by atoms with Crippen molar-refractivity contribution in [3.8, 4) is 5.75 Å². The number of carbonyl (C=O) groups excluding carboxylic acids is 1. The maximum absolute atomic E-state index is 12.1. The van der Waals surface area contributed by atoms with E-state index in [-0.39, 0.29) is 11.4 Å². The average Bonchev–Trinajstić information content (AvgIpc) is 3.09. The Morgan fingerprint density at radius 3 is 2.77 bits per heavy atom. The Kier molecular flexibility index (Phi) is 6.72. The van der Waals surface area contributed by atoms with Gasteiger partial charge >= 0.3 is 0 Å². The lowest BCUT2D eigenvalue weighted by Crippen LogP contribution is -2.39. The summed E-state index contributed by atoms with van der Waals surface area (Å²) in [5.41, 5.74) is 1.97. The van der Waals surface area contributed by atoms with E-state index in [1.165, 1.54) is 0 Å². The second kappa shape index (κ2) is 9.21. The molecule has 1 aliphatic heterocycles. The van der Waals surface area contributed by atoms with Crippen molar-refractivity contribution in [1.29, 1.82) is 0 Å². The molecule has 1 aliphatic rings. The highest BCUT2D eigenvalue weighted by Crippen LogP contribution is 2.28. The van der Waals surface area contributed by atoms with Crippen LogP contribution in [-0.4, -0.2) is 18.0 Å². The molecule has 0 spiro atoms. The zero-order valence-electron chi connectivity index (χ0n) is 13.9. The van der Waals surface area contributed by atoms with E-state index in [1.807, 2.05) is 35.7 Å². The fraction of sp³-hybridized carbons (Fsp3) is 0.211. The van der Waals surface area contributed by atoms with E-state index < -0.39 is 0 Å². The van der Waals surface area contributed by atoms with E-state index in [9.17, 15) is 4.79 Å². The summed E-state index contributed by atoms with van der Waals surface area (Å²) in [7, 11) is 0. The van der Waals surface area contributed by atoms with Crippen LogP contribution in [0.1, 0.15) is 18.4 Å². The molecule has 4 nitrogen and oxygen atoms in total. The van der Waals surface area contributed by atoms with E-state index in [4.69, 9.17) is 27.9 Å². The maximum Gasteiger partial charge on any atom is 0.222 e. The number of rotatable bonds is 7. The Hall–Kier alpha value is -1.82. The molecule has 0 saturated heterocycles. The highest BCUT2D eigenvalue weighted by Gasteiger charge is 2.19. The number of halogens is 2. The molecular formula is C19H18Cl2N2O2S. The monoisotopic (exact) mass is 408 g/mol. The molecule has 2 N–H and O–H groups in total. The molecule has 3 rings (SSSR count). The van der Waals surface area contributed by atoms with Crippen LogP contribution in [0.4, 0.5) is 0 Å². The highest BCUT2D eigenvalue weighted by atomic mass is 35.5. The van der Waals surface area contributed by atoms with Gasteiger partial charge in [-0.2, -0.15) is 0 Å². The number of ether oxygens (including phenoxy) is 1. The van der Waals surface area contributed by atoms with Crippen molar-refractivity contribution in [3.63, 3.8) is 0 Å². The van der Waals surface area contributed by atoms with Crippen LogP contribution in [0.15, 0.2) is 53.9 Å². The molecule has 0 unspecified atom stereocenters. The van der Waals surface area contributed by atoms with Crippen molar-refractivity contribution in [2.24, 2.45) is 0 Å². The summed E-state index contributed by atoms with van der Waals surface area (Å²) in [6.07, 6.45) is 0.978. The summed E-state index contributed by atoms with van der Waals surface area (Å²) in [6, 6.07) is 15.1. The van der Waals surface area contributed by atoms with Crippen molar-refractivity contribution in [3.05, 3.63) is 69.5 Å². The minimum Gasteiger partial charge on any atom is -0.492 e. The van der Waals surface area contributed by atoms with Gasteiger partial charge in [0.2, 0.25) is 5.91 Å². The standard InChI is InChI=1S/C19H18Cl2N2O2S/c20-14-8-9-17(15(21)11-14)25-10-4-7-18(24)23-19-22-16(12-26-19)13-5-2-1-3-6-13/h1-3,5-6,8-9,11-12,19,22H,4,7,10H2,(H,23,24)/t19-/m1/s1. The quantitative estimate of drug-likeness (QED) is 0.640. The lowest BCUT2D eigenvalue weighted by Gasteiger charge is -2.15. The van der Waals surface area contributed by atoms with E-state index in [1.54, 1.807) is 30.0 Å². The SMILES string of the molecule is O=C(CCCOc1ccc(Cl)cc1Cl)N[C@H]1NC(c2ccccc2)=CS1. The van der Waals surface area contributed by atoms with Gasteiger partial charge in [-0.15, -0.1) is 0 Å². The second-order valence-corrected chi connectivity index (χ2v) is 7.48. The van der Waals surface area contributed by atoms with Crippen LogP contribution >= 0.6 is 35.0 Å². The Morgan fingerprint density at radius 2 is 2.00 bits per heavy atom. The van der Waals surface area contributed by atoms with Crippen molar-refractivity contribution in [2.45, 2.75) is 18.3 Å². The molecule has 1 amide bonds. The van der Waals surface area contributed by atoms with Crippen LogP contribution in [0, 0.1) is 0 Å². The molecule has 2 aromatic carbocycles. The molecule has 0 saturated carbocycles. The molecule has 0 fully saturated rings. The number of carbonyl (C=O) groups is 1. The predicted molar refractivity (Wildman–Crippen MR) is 108 cm³/mol. The molecule has 0 aliphatic carbocycles. The Morgan fingerprint density at radius 1 is 1.19 bits per heavy atom. The molecule has 7 heteroatoms. The summed E-state index contributed by atoms with van der Waals surface area (Å²) in [5, 5.41) is 9.30. The molecule has 0 radical (unpaired) electrons. The number of hydrogen-bond acceptors (Lipinski definition) is 4. The number of nitrogens with one attached hydrogen (secondary N) is 2. The molecule has 1 atom stereocenters. The second-order valence-electron chi connectivity index (χ2n) is 5.65. The van der Waals surface area contributed by atoms with Gasteiger partial charge in [0.15, 0.2) is 5.50 Å². The van der Waals surface area contributed by atoms with Gasteiger partial charge in [-0.25, -0.2) is 0 Å². The van der Waals surface area contributed by atoms with Crippen molar-refractivity contribution < 1.29 is 9.53 Å². The summed E-state index contributed by atoms with van der Waals surface area (Å²) < 4.78 is 5.59. The summed E-state index contributed by atoms with van der Waals surface area (Å²) in [4.78, 5) is 12.1. The molecule has 2 aromatic rings. The molecule has 136 valence electrons. The average molecular weight is 409 g/mol. The van der Waals surface area contributed by atoms with Gasteiger partial charge in [-0.05, 0) is 35.6 Å². The molecule has 1 heterocycles. The van der Waals surface area contributed by atoms with Gasteiger partial charge in [0, 0.05) is 11.4 Å². The van der Waals surface area contributed by atoms with Crippen molar-refractivity contribution in [2.75, 3.05) is 6.61 Å². The molecular weight excluding hydrogens is 391 g/mol. The number of thioether (sulfide) groups is 1. The first kappa shape index (κ1) is 19.0. The van der Waals surface area contributed by atoms with Gasteiger partial charge in [-0.3, -0.25) is 4.79 Å². The summed E-state index contributed by atoms with van der Waals surface area (Å²) in [5.74, 6) is 0.546. The van der Waals surface area contributed by atoms with Crippen LogP contribution in [0.25, 0.3) is 5.70 Å². The van der Waals surface area contributed by atoms with Crippen LogP contribution in [0.3, 0.4) is 0 Å². The summed E-state index contributed by atoms with van der Waals surface area (Å²) >= 11 is 13.4. The first-order valence-electron chi connectivity index (χ1n) is 8.16. The molecule has 26 heavy (non-hydrogen) atoms. The van der Waals surface area contributed by atoms with Crippen LogP contribution < -0.4 is 15.4 Å². The maximum atomic E-state index is 12.1. The topological polar surface area (TPSA) is 50.4 Å². The van der Waals surface area contributed by atoms with Crippen molar-refractivity contribution >= 4 is 46.6 Å². The number of benzene rings is 2. The minimum atomic E-state index is -0.149. The van der Waals surface area contributed by atoms with Crippen LogP contribution in [-0.2, 0) is 4.79 Å². The normalized spacial score (nSPS) is 15.9. The fourth-order valence-electron chi connectivity index (χ4n) is 2.41. The van der Waals surface area contributed by atoms with Gasteiger partial charge in [0.1, 0.15) is 5.75 Å². The number of amides is 1. The molecule has 0 aromatic heterocycles. The lowest BCUT2D eigenvalue weighted by atomic mass is 10.2. The third kappa shape index (κ3) is 5.34. The minimum absolute atomic E-state index is 0.0245.